The zero-order valence-electron chi connectivity index (χ0n) is 51.6. The molecule has 1 fully saturated rings. The van der Waals surface area contributed by atoms with E-state index in [0.717, 1.165) is 57.8 Å². The lowest BCUT2D eigenvalue weighted by molar-refractivity contribution is -0.302. The number of ether oxygens (including phenoxy) is 3. The Labute approximate surface area is 486 Å². The van der Waals surface area contributed by atoms with Crippen molar-refractivity contribution >= 4 is 11.9 Å². The molecule has 1 saturated heterocycles. The number of rotatable bonds is 60. The predicted octanol–water partition coefficient (Wildman–Crippen LogP) is 16.8. The number of amides is 1. The van der Waals surface area contributed by atoms with Crippen LogP contribution in [0.1, 0.15) is 335 Å². The quantitative estimate of drug-likeness (QED) is 0.0195. The molecule has 1 heterocycles. The van der Waals surface area contributed by atoms with Gasteiger partial charge in [-0.3, -0.25) is 9.59 Å². The van der Waals surface area contributed by atoms with Crippen molar-refractivity contribution < 1.29 is 49.3 Å². The third kappa shape index (κ3) is 47.2. The normalized spacial score (nSPS) is 18.5. The van der Waals surface area contributed by atoms with Gasteiger partial charge in [-0.25, -0.2) is 0 Å². The molecule has 0 aromatic carbocycles. The van der Waals surface area contributed by atoms with Gasteiger partial charge in [0.05, 0.1) is 32.0 Å². The average Bonchev–Trinajstić information content (AvgIpc) is 3.47. The lowest BCUT2D eigenvalue weighted by Crippen LogP contribution is -2.60. The van der Waals surface area contributed by atoms with Gasteiger partial charge in [-0.15, -0.1) is 0 Å². The molecular weight excluding hydrogens is 991 g/mol. The largest absolute Gasteiger partial charge is 0.466 e. The number of unbranched alkanes of at least 4 members (excludes halogenated alkanes) is 44. The van der Waals surface area contributed by atoms with E-state index in [9.17, 15) is 35.1 Å². The van der Waals surface area contributed by atoms with Crippen molar-refractivity contribution in [2.24, 2.45) is 0 Å². The van der Waals surface area contributed by atoms with Crippen LogP contribution in [-0.2, 0) is 23.8 Å². The van der Waals surface area contributed by atoms with Gasteiger partial charge in [-0.2, -0.15) is 0 Å². The van der Waals surface area contributed by atoms with Gasteiger partial charge in [0.25, 0.3) is 0 Å². The Balaban J connectivity index is 1.92. The second kappa shape index (κ2) is 57.9. The van der Waals surface area contributed by atoms with Crippen molar-refractivity contribution in [3.05, 3.63) is 24.3 Å². The minimum atomic E-state index is -1.57. The fourth-order valence-electron chi connectivity index (χ4n) is 10.9. The minimum Gasteiger partial charge on any atom is -0.466 e. The van der Waals surface area contributed by atoms with E-state index in [-0.39, 0.29) is 18.5 Å². The first kappa shape index (κ1) is 75.2. The number of carbonyl (C=O) groups is 2. The first-order valence-electron chi connectivity index (χ1n) is 34.1. The Morgan fingerprint density at radius 2 is 0.810 bits per heavy atom. The minimum absolute atomic E-state index is 0.000239. The zero-order valence-corrected chi connectivity index (χ0v) is 51.6. The summed E-state index contributed by atoms with van der Waals surface area (Å²) >= 11 is 0. The van der Waals surface area contributed by atoms with Gasteiger partial charge in [0.15, 0.2) is 6.29 Å². The second-order valence-corrected chi connectivity index (χ2v) is 23.9. The molecule has 0 saturated carbocycles. The third-order valence-corrected chi connectivity index (χ3v) is 16.3. The summed E-state index contributed by atoms with van der Waals surface area (Å²) in [4.78, 5) is 25.1. The van der Waals surface area contributed by atoms with Gasteiger partial charge in [-0.1, -0.05) is 289 Å². The molecule has 0 spiro atoms. The fraction of sp³-hybridized carbons (Fsp3) is 0.912. The highest BCUT2D eigenvalue weighted by molar-refractivity contribution is 5.76. The van der Waals surface area contributed by atoms with Crippen LogP contribution >= 0.6 is 0 Å². The van der Waals surface area contributed by atoms with Gasteiger partial charge < -0.3 is 45.1 Å². The molecule has 7 unspecified atom stereocenters. The Kier molecular flexibility index (Phi) is 55.1. The molecule has 11 nitrogen and oxygen atoms in total. The standard InChI is InChI=1S/C68H129NO10/c1-3-5-7-9-11-13-14-15-16-30-33-36-40-44-48-52-56-64(73)77-57-53-49-45-41-37-34-31-28-26-24-22-20-18-17-19-21-23-25-27-29-32-35-39-43-47-51-55-63(72)69-60(61(71)54-50-46-42-38-12-10-8-6-4-2)59-78-68-67(76)66(75)65(74)62(58-70)79-68/h16,30,50,54,60-62,65-68,70-71,74-76H,3-15,17-29,31-49,51-53,55-59H2,1-2H3,(H,69,72)/b30-16-,54-50+. The smallest absolute Gasteiger partial charge is 0.305 e. The Morgan fingerprint density at radius 1 is 0.456 bits per heavy atom. The van der Waals surface area contributed by atoms with E-state index in [0.29, 0.717) is 19.4 Å². The fourth-order valence-corrected chi connectivity index (χ4v) is 10.9. The van der Waals surface area contributed by atoms with Crippen molar-refractivity contribution in [3.8, 4) is 0 Å². The number of carbonyl (C=O) groups excluding carboxylic acids is 2. The van der Waals surface area contributed by atoms with Crippen molar-refractivity contribution in [1.82, 2.24) is 5.32 Å². The molecule has 0 radical (unpaired) electrons. The van der Waals surface area contributed by atoms with Crippen molar-refractivity contribution in [2.75, 3.05) is 19.8 Å². The monoisotopic (exact) mass is 1120 g/mol. The summed E-state index contributed by atoms with van der Waals surface area (Å²) in [6, 6.07) is -0.806. The topological polar surface area (TPSA) is 175 Å². The molecule has 0 aromatic heterocycles. The van der Waals surface area contributed by atoms with Crippen LogP contribution in [0.5, 0.6) is 0 Å². The first-order valence-corrected chi connectivity index (χ1v) is 34.1. The third-order valence-electron chi connectivity index (χ3n) is 16.3. The van der Waals surface area contributed by atoms with E-state index >= 15 is 0 Å². The maximum absolute atomic E-state index is 13.0. The number of hydrogen-bond acceptors (Lipinski definition) is 10. The molecule has 1 rings (SSSR count). The highest BCUT2D eigenvalue weighted by Crippen LogP contribution is 2.23. The van der Waals surface area contributed by atoms with E-state index < -0.39 is 49.5 Å². The second-order valence-electron chi connectivity index (χ2n) is 23.9. The Bertz CT molecular complexity index is 1360. The van der Waals surface area contributed by atoms with Crippen molar-refractivity contribution in [2.45, 2.75) is 378 Å². The zero-order chi connectivity index (χ0) is 57.3. The molecule has 0 aromatic rings. The summed E-state index contributed by atoms with van der Waals surface area (Å²) in [5.74, 6) is -0.180. The summed E-state index contributed by atoms with van der Waals surface area (Å²) in [5, 5.41) is 54.3. The van der Waals surface area contributed by atoms with E-state index in [1.165, 1.54) is 250 Å². The molecule has 0 bridgehead atoms. The molecular formula is C68H129NO10. The van der Waals surface area contributed by atoms with Gasteiger partial charge in [-0.05, 0) is 57.8 Å². The molecule has 1 aliphatic rings. The van der Waals surface area contributed by atoms with Crippen molar-refractivity contribution in [3.63, 3.8) is 0 Å². The molecule has 11 heteroatoms. The summed E-state index contributed by atoms with van der Waals surface area (Å²) in [6.45, 7) is 4.34. The van der Waals surface area contributed by atoms with E-state index in [2.05, 4.69) is 31.3 Å². The van der Waals surface area contributed by atoms with Crippen LogP contribution in [0.25, 0.3) is 0 Å². The maximum atomic E-state index is 13.0. The lowest BCUT2D eigenvalue weighted by Gasteiger charge is -2.40. The van der Waals surface area contributed by atoms with Gasteiger partial charge in [0.2, 0.25) is 5.91 Å². The number of aliphatic hydroxyl groups excluding tert-OH is 5. The molecule has 1 amide bonds. The highest BCUT2D eigenvalue weighted by atomic mass is 16.7. The van der Waals surface area contributed by atoms with E-state index in [4.69, 9.17) is 14.2 Å². The first-order chi connectivity index (χ1) is 38.7. The summed E-state index contributed by atoms with van der Waals surface area (Å²) < 4.78 is 16.7. The van der Waals surface area contributed by atoms with Crippen LogP contribution in [0, 0.1) is 0 Å². The summed E-state index contributed by atoms with van der Waals surface area (Å²) in [6.07, 6.45) is 61.7. The Morgan fingerprint density at radius 3 is 1.22 bits per heavy atom. The number of nitrogens with one attached hydrogen (secondary N) is 1. The number of esters is 1. The van der Waals surface area contributed by atoms with Crippen LogP contribution in [0.15, 0.2) is 24.3 Å². The SMILES string of the molecule is CCCCCCCCC/C=C\CCCCCCCC(=O)OCCCCCCCCCCCCCCCCCCCCCCCCCCCCC(=O)NC(COC1OC(CO)C(O)C(O)C1O)C(O)/C=C/CCCCCCCCC. The number of aliphatic hydroxyl groups is 5. The molecule has 6 N–H and O–H groups in total. The molecule has 79 heavy (non-hydrogen) atoms. The lowest BCUT2D eigenvalue weighted by atomic mass is 9.99. The van der Waals surface area contributed by atoms with Crippen LogP contribution in [0.2, 0.25) is 0 Å². The van der Waals surface area contributed by atoms with Crippen LogP contribution < -0.4 is 5.32 Å². The van der Waals surface area contributed by atoms with Crippen LogP contribution in [-0.4, -0.2) is 100 Å². The van der Waals surface area contributed by atoms with E-state index in [1.807, 2.05) is 6.08 Å². The van der Waals surface area contributed by atoms with Gasteiger partial charge in [0, 0.05) is 12.8 Å². The summed E-state index contributed by atoms with van der Waals surface area (Å²) in [5.41, 5.74) is 0. The molecule has 7 atom stereocenters. The molecule has 466 valence electrons. The van der Waals surface area contributed by atoms with Crippen molar-refractivity contribution in [1.29, 1.82) is 0 Å². The Hall–Kier alpha value is -1.86. The molecule has 1 aliphatic heterocycles. The maximum Gasteiger partial charge on any atom is 0.305 e. The number of hydrogen-bond donors (Lipinski definition) is 6. The van der Waals surface area contributed by atoms with Gasteiger partial charge >= 0.3 is 5.97 Å². The van der Waals surface area contributed by atoms with Gasteiger partial charge in [0.1, 0.15) is 24.4 Å². The highest BCUT2D eigenvalue weighted by Gasteiger charge is 2.44. The predicted molar refractivity (Wildman–Crippen MR) is 329 cm³/mol. The number of allylic oxidation sites excluding steroid dienone is 3. The average molecular weight is 1120 g/mol. The van der Waals surface area contributed by atoms with Crippen LogP contribution in [0.4, 0.5) is 0 Å². The van der Waals surface area contributed by atoms with Crippen LogP contribution in [0.3, 0.4) is 0 Å². The summed E-state index contributed by atoms with van der Waals surface area (Å²) in [7, 11) is 0. The van der Waals surface area contributed by atoms with E-state index in [1.54, 1.807) is 6.08 Å². The molecule has 0 aliphatic carbocycles.